The maximum Gasteiger partial charge on any atom is 0.228 e. The lowest BCUT2D eigenvalue weighted by Gasteiger charge is -2.17. The third-order valence-electron chi connectivity index (χ3n) is 4.99. The van der Waals surface area contributed by atoms with Crippen LogP contribution in [0.3, 0.4) is 0 Å². The van der Waals surface area contributed by atoms with Crippen molar-refractivity contribution >= 4 is 29.3 Å². The molecule has 0 unspecified atom stereocenters. The van der Waals surface area contributed by atoms with E-state index in [2.05, 4.69) is 24.8 Å². The van der Waals surface area contributed by atoms with Gasteiger partial charge in [0, 0.05) is 35.8 Å². The quantitative estimate of drug-likeness (QED) is 0.552. The average molecular weight is 402 g/mol. The van der Waals surface area contributed by atoms with Gasteiger partial charge in [-0.3, -0.25) is 4.57 Å². The molecular formula is C19H20ClN5OS. The van der Waals surface area contributed by atoms with Gasteiger partial charge in [-0.2, -0.15) is 0 Å². The van der Waals surface area contributed by atoms with E-state index in [4.69, 9.17) is 16.1 Å². The number of anilines is 1. The highest BCUT2D eigenvalue weighted by Gasteiger charge is 2.32. The summed E-state index contributed by atoms with van der Waals surface area (Å²) < 4.78 is 7.85. The van der Waals surface area contributed by atoms with Crippen LogP contribution in [0.5, 0.6) is 0 Å². The lowest BCUT2D eigenvalue weighted by atomic mass is 10.1. The molecule has 0 bridgehead atoms. The van der Waals surface area contributed by atoms with Gasteiger partial charge >= 0.3 is 0 Å². The van der Waals surface area contributed by atoms with Gasteiger partial charge in [-0.05, 0) is 37.8 Å². The zero-order valence-corrected chi connectivity index (χ0v) is 16.4. The van der Waals surface area contributed by atoms with Gasteiger partial charge in [0.2, 0.25) is 5.95 Å². The fraction of sp³-hybridized carbons (Fsp3) is 0.421. The molecule has 8 heteroatoms. The first-order chi connectivity index (χ1) is 13.3. The van der Waals surface area contributed by atoms with Crippen LogP contribution in [-0.2, 0) is 5.75 Å². The van der Waals surface area contributed by atoms with Gasteiger partial charge in [0.1, 0.15) is 11.5 Å². The Bertz CT molecular complexity index is 928. The summed E-state index contributed by atoms with van der Waals surface area (Å²) >= 11 is 7.62. The van der Waals surface area contributed by atoms with Crippen molar-refractivity contribution < 1.29 is 4.52 Å². The standard InChI is InChI=1S/C19H20ClN5OS/c20-14-5-3-13(4-6-14)17-11-16(26-23-17)12-27-19-22-21-18(24-9-1-2-10-24)25(19)15-7-8-15/h3-6,11,15H,1-2,7-10,12H2. The molecular weight excluding hydrogens is 382 g/mol. The first-order valence-corrected chi connectivity index (χ1v) is 10.7. The number of benzene rings is 1. The SMILES string of the molecule is Clc1ccc(-c2cc(CSc3nnc(N4CCCC4)n3C3CC3)on2)cc1. The Morgan fingerprint density at radius 3 is 2.63 bits per heavy atom. The number of hydrogen-bond acceptors (Lipinski definition) is 6. The second-order valence-electron chi connectivity index (χ2n) is 7.05. The Morgan fingerprint density at radius 2 is 1.89 bits per heavy atom. The summed E-state index contributed by atoms with van der Waals surface area (Å²) in [5.74, 6) is 2.56. The minimum Gasteiger partial charge on any atom is -0.360 e. The second-order valence-corrected chi connectivity index (χ2v) is 8.43. The van der Waals surface area contributed by atoms with Gasteiger partial charge in [0.05, 0.1) is 5.75 Å². The van der Waals surface area contributed by atoms with Crippen molar-refractivity contribution in [2.24, 2.45) is 0 Å². The van der Waals surface area contributed by atoms with Crippen molar-refractivity contribution in [2.45, 2.75) is 42.6 Å². The van der Waals surface area contributed by atoms with Crippen LogP contribution >= 0.6 is 23.4 Å². The molecule has 5 rings (SSSR count). The molecule has 3 heterocycles. The molecule has 3 aromatic rings. The first-order valence-electron chi connectivity index (χ1n) is 9.32. The van der Waals surface area contributed by atoms with E-state index < -0.39 is 0 Å². The number of aromatic nitrogens is 4. The molecule has 2 aliphatic rings. The Hall–Kier alpha value is -1.99. The molecule has 2 aromatic heterocycles. The average Bonchev–Trinajstić information content (AvgIpc) is 3.10. The summed E-state index contributed by atoms with van der Waals surface area (Å²) in [6.07, 6.45) is 4.92. The molecule has 2 fully saturated rings. The fourth-order valence-corrected chi connectivity index (χ4v) is 4.43. The minimum absolute atomic E-state index is 0.553. The number of nitrogens with zero attached hydrogens (tertiary/aromatic N) is 5. The summed E-state index contributed by atoms with van der Waals surface area (Å²) in [5.41, 5.74) is 1.82. The summed E-state index contributed by atoms with van der Waals surface area (Å²) in [5, 5.41) is 14.8. The monoisotopic (exact) mass is 401 g/mol. The molecule has 1 saturated heterocycles. The third-order valence-corrected chi connectivity index (χ3v) is 6.21. The zero-order valence-electron chi connectivity index (χ0n) is 14.8. The van der Waals surface area contributed by atoms with Gasteiger partial charge in [-0.25, -0.2) is 0 Å². The zero-order chi connectivity index (χ0) is 18.2. The molecule has 0 amide bonds. The Morgan fingerprint density at radius 1 is 1.11 bits per heavy atom. The van der Waals surface area contributed by atoms with Gasteiger partial charge in [-0.15, -0.1) is 10.2 Å². The number of thioether (sulfide) groups is 1. The molecule has 1 aliphatic carbocycles. The van der Waals surface area contributed by atoms with Crippen LogP contribution in [0.1, 0.15) is 37.5 Å². The van der Waals surface area contributed by atoms with Crippen molar-refractivity contribution in [3.05, 3.63) is 41.1 Å². The van der Waals surface area contributed by atoms with Crippen molar-refractivity contribution in [3.63, 3.8) is 0 Å². The number of halogens is 1. The van der Waals surface area contributed by atoms with E-state index in [0.717, 1.165) is 41.2 Å². The maximum atomic E-state index is 5.95. The van der Waals surface area contributed by atoms with E-state index in [1.54, 1.807) is 11.8 Å². The maximum absolute atomic E-state index is 5.95. The fourth-order valence-electron chi connectivity index (χ4n) is 3.43. The Balaban J connectivity index is 1.31. The Kier molecular flexibility index (Phi) is 4.57. The predicted octanol–water partition coefficient (Wildman–Crippen LogP) is 4.81. The normalized spacial score (nSPS) is 17.0. The van der Waals surface area contributed by atoms with Crippen LogP contribution in [0.15, 0.2) is 40.0 Å². The molecule has 1 aliphatic heterocycles. The molecule has 27 heavy (non-hydrogen) atoms. The molecule has 1 aromatic carbocycles. The van der Waals surface area contributed by atoms with Gasteiger partial charge < -0.3 is 9.42 Å². The minimum atomic E-state index is 0.553. The topological polar surface area (TPSA) is 60.0 Å². The largest absolute Gasteiger partial charge is 0.360 e. The van der Waals surface area contributed by atoms with E-state index in [-0.39, 0.29) is 0 Å². The van der Waals surface area contributed by atoms with E-state index in [9.17, 15) is 0 Å². The molecule has 1 saturated carbocycles. The van der Waals surface area contributed by atoms with Crippen LogP contribution < -0.4 is 4.90 Å². The molecule has 140 valence electrons. The summed E-state index contributed by atoms with van der Waals surface area (Å²) in [6, 6.07) is 10.1. The first kappa shape index (κ1) is 17.1. The smallest absolute Gasteiger partial charge is 0.228 e. The predicted molar refractivity (Wildman–Crippen MR) is 106 cm³/mol. The van der Waals surface area contributed by atoms with Crippen molar-refractivity contribution in [1.82, 2.24) is 19.9 Å². The van der Waals surface area contributed by atoms with E-state index >= 15 is 0 Å². The molecule has 0 spiro atoms. The molecule has 0 N–H and O–H groups in total. The number of hydrogen-bond donors (Lipinski definition) is 0. The Labute approximate surface area is 166 Å². The van der Waals surface area contributed by atoms with Crippen molar-refractivity contribution in [1.29, 1.82) is 0 Å². The van der Waals surface area contributed by atoms with E-state index in [1.165, 1.54) is 25.7 Å². The third kappa shape index (κ3) is 3.58. The van der Waals surface area contributed by atoms with Crippen molar-refractivity contribution in [2.75, 3.05) is 18.0 Å². The van der Waals surface area contributed by atoms with Gasteiger partial charge in [0.15, 0.2) is 5.16 Å². The van der Waals surface area contributed by atoms with Crippen LogP contribution in [0, 0.1) is 0 Å². The summed E-state index contributed by atoms with van der Waals surface area (Å²) in [4.78, 5) is 2.36. The highest BCUT2D eigenvalue weighted by Crippen LogP contribution is 2.42. The van der Waals surface area contributed by atoms with Gasteiger partial charge in [-0.1, -0.05) is 40.7 Å². The molecule has 6 nitrogen and oxygen atoms in total. The van der Waals surface area contributed by atoms with Crippen LogP contribution in [0.2, 0.25) is 5.02 Å². The highest BCUT2D eigenvalue weighted by atomic mass is 35.5. The van der Waals surface area contributed by atoms with Crippen LogP contribution in [0.4, 0.5) is 5.95 Å². The lowest BCUT2D eigenvalue weighted by molar-refractivity contribution is 0.397. The molecule has 0 radical (unpaired) electrons. The van der Waals surface area contributed by atoms with Gasteiger partial charge in [0.25, 0.3) is 0 Å². The molecule has 0 atom stereocenters. The second kappa shape index (κ2) is 7.20. The summed E-state index contributed by atoms with van der Waals surface area (Å²) in [6.45, 7) is 2.17. The van der Waals surface area contributed by atoms with Crippen LogP contribution in [-0.4, -0.2) is 33.0 Å². The van der Waals surface area contributed by atoms with E-state index in [1.807, 2.05) is 30.3 Å². The van der Waals surface area contributed by atoms with Crippen LogP contribution in [0.25, 0.3) is 11.3 Å². The number of rotatable bonds is 6. The van der Waals surface area contributed by atoms with E-state index in [0.29, 0.717) is 16.8 Å². The van der Waals surface area contributed by atoms with Crippen molar-refractivity contribution in [3.8, 4) is 11.3 Å². The lowest BCUT2D eigenvalue weighted by Crippen LogP contribution is -2.22. The highest BCUT2D eigenvalue weighted by molar-refractivity contribution is 7.98. The summed E-state index contributed by atoms with van der Waals surface area (Å²) in [7, 11) is 0.